The summed E-state index contributed by atoms with van der Waals surface area (Å²) in [6, 6.07) is 22.7. The van der Waals surface area contributed by atoms with Crippen molar-refractivity contribution in [3.05, 3.63) is 83.6 Å². The van der Waals surface area contributed by atoms with E-state index in [9.17, 15) is 0 Å². The zero-order chi connectivity index (χ0) is 22.6. The third-order valence-corrected chi connectivity index (χ3v) is 7.49. The summed E-state index contributed by atoms with van der Waals surface area (Å²) >= 11 is 0. The first kappa shape index (κ1) is 18.9. The molecule has 0 saturated heterocycles. The molecule has 0 saturated carbocycles. The number of pyridine rings is 2. The van der Waals surface area contributed by atoms with E-state index in [4.69, 9.17) is 4.98 Å². The third kappa shape index (κ3) is 2.31. The molecule has 33 heavy (non-hydrogen) atoms. The molecule has 0 unspecified atom stereocenters. The number of hydrogen-bond acceptors (Lipinski definition) is 1. The Labute approximate surface area is 192 Å². The van der Waals surface area contributed by atoms with Crippen molar-refractivity contribution >= 4 is 59.8 Å². The smallest absolute Gasteiger partial charge is 0.0823 e. The fourth-order valence-electron chi connectivity index (χ4n) is 5.99. The average molecular weight is 427 g/mol. The van der Waals surface area contributed by atoms with E-state index in [1.54, 1.807) is 0 Å². The van der Waals surface area contributed by atoms with Gasteiger partial charge in [0, 0.05) is 27.7 Å². The normalized spacial score (nSPS) is 13.0. The predicted molar refractivity (Wildman–Crippen MR) is 142 cm³/mol. The number of fused-ring (bicyclic) bond motifs is 7. The van der Waals surface area contributed by atoms with Gasteiger partial charge in [-0.05, 0) is 58.7 Å². The molecule has 7 aromatic rings. The minimum absolute atomic E-state index is 0.0310. The summed E-state index contributed by atoms with van der Waals surface area (Å²) in [5.74, 6) is 0. The maximum Gasteiger partial charge on any atom is 0.0823 e. The maximum atomic E-state index is 4.95. The van der Waals surface area contributed by atoms with Crippen LogP contribution in [-0.2, 0) is 5.41 Å². The second kappa shape index (κ2) is 6.02. The van der Waals surface area contributed by atoms with Gasteiger partial charge in [0.2, 0.25) is 0 Å². The Bertz CT molecular complexity index is 1910. The van der Waals surface area contributed by atoms with Crippen molar-refractivity contribution in [1.82, 2.24) is 9.38 Å². The molecule has 0 radical (unpaired) electrons. The van der Waals surface area contributed by atoms with Crippen LogP contribution in [0.1, 0.15) is 37.5 Å². The van der Waals surface area contributed by atoms with Crippen LogP contribution in [0.15, 0.2) is 66.9 Å². The standard InChI is InChI=1S/C31H26N2/c1-17-9-10-20-16-24-27-26-19(13-14-32-27)11-12-22-21-7-6-8-25(31(3,4)5)29(21)33(30(22)26)28(24)18(2)23(20)15-17/h6-16H,1-5H3. The average Bonchev–Trinajstić information content (AvgIpc) is 3.13. The first-order chi connectivity index (χ1) is 15.8. The number of para-hydroxylation sites is 1. The highest BCUT2D eigenvalue weighted by Gasteiger charge is 2.25. The lowest BCUT2D eigenvalue weighted by molar-refractivity contribution is 0.594. The second-order valence-corrected chi connectivity index (χ2v) is 10.6. The van der Waals surface area contributed by atoms with Crippen LogP contribution in [0.4, 0.5) is 0 Å². The lowest BCUT2D eigenvalue weighted by Crippen LogP contribution is -2.12. The maximum absolute atomic E-state index is 4.95. The molecule has 0 aliphatic carbocycles. The van der Waals surface area contributed by atoms with Crippen molar-refractivity contribution in [3.8, 4) is 0 Å². The lowest BCUT2D eigenvalue weighted by Gasteiger charge is -2.22. The summed E-state index contributed by atoms with van der Waals surface area (Å²) in [6.07, 6.45) is 1.96. The number of benzene rings is 4. The van der Waals surface area contributed by atoms with Crippen LogP contribution in [-0.4, -0.2) is 9.38 Å². The van der Waals surface area contributed by atoms with Crippen LogP contribution in [0.2, 0.25) is 0 Å². The van der Waals surface area contributed by atoms with E-state index < -0.39 is 0 Å². The molecule has 4 aromatic carbocycles. The SMILES string of the molecule is Cc1ccc2cc3c4nccc5ccc6c7cccc(C(C)(C)C)c7n(c3c(C)c2c1)c6c54. The highest BCUT2D eigenvalue weighted by molar-refractivity contribution is 6.29. The summed E-state index contributed by atoms with van der Waals surface area (Å²) in [5, 5.41) is 8.99. The minimum atomic E-state index is 0.0310. The third-order valence-electron chi connectivity index (χ3n) is 7.49. The predicted octanol–water partition coefficient (Wildman–Crippen LogP) is 8.45. The lowest BCUT2D eigenvalue weighted by atomic mass is 9.85. The molecule has 0 fully saturated rings. The highest BCUT2D eigenvalue weighted by atomic mass is 14.9. The molecular formula is C31H26N2. The van der Waals surface area contributed by atoms with Crippen LogP contribution in [0.5, 0.6) is 0 Å². The van der Waals surface area contributed by atoms with Crippen molar-refractivity contribution in [3.63, 3.8) is 0 Å². The van der Waals surface area contributed by atoms with Gasteiger partial charge in [-0.2, -0.15) is 0 Å². The van der Waals surface area contributed by atoms with Gasteiger partial charge >= 0.3 is 0 Å². The fourth-order valence-corrected chi connectivity index (χ4v) is 5.99. The molecule has 2 nitrogen and oxygen atoms in total. The Kier molecular flexibility index (Phi) is 3.44. The van der Waals surface area contributed by atoms with Gasteiger partial charge in [0.25, 0.3) is 0 Å². The molecule has 7 rings (SSSR count). The van der Waals surface area contributed by atoms with Crippen molar-refractivity contribution in [1.29, 1.82) is 0 Å². The number of rotatable bonds is 0. The first-order valence-corrected chi connectivity index (χ1v) is 11.7. The van der Waals surface area contributed by atoms with Crippen LogP contribution in [0.25, 0.3) is 59.8 Å². The van der Waals surface area contributed by atoms with Crippen LogP contribution in [0, 0.1) is 13.8 Å². The quantitative estimate of drug-likeness (QED) is 0.176. The number of hydrogen-bond donors (Lipinski definition) is 0. The van der Waals surface area contributed by atoms with Gasteiger partial charge < -0.3 is 4.40 Å². The fraction of sp³-hybridized carbons (Fsp3) is 0.194. The van der Waals surface area contributed by atoms with E-state index in [0.717, 1.165) is 5.52 Å². The summed E-state index contributed by atoms with van der Waals surface area (Å²) in [5.41, 5.74) is 9.04. The van der Waals surface area contributed by atoms with Gasteiger partial charge in [-0.25, -0.2) is 0 Å². The molecule has 0 aliphatic heterocycles. The molecule has 0 amide bonds. The Hall–Kier alpha value is -3.65. The molecule has 160 valence electrons. The minimum Gasteiger partial charge on any atom is -0.307 e. The first-order valence-electron chi connectivity index (χ1n) is 11.7. The van der Waals surface area contributed by atoms with Gasteiger partial charge in [-0.3, -0.25) is 4.98 Å². The Morgan fingerprint density at radius 1 is 0.697 bits per heavy atom. The molecule has 0 bridgehead atoms. The van der Waals surface area contributed by atoms with Crippen LogP contribution in [0.3, 0.4) is 0 Å². The van der Waals surface area contributed by atoms with E-state index in [1.165, 1.54) is 70.9 Å². The topological polar surface area (TPSA) is 17.3 Å². The number of nitrogens with zero attached hydrogens (tertiary/aromatic N) is 2. The van der Waals surface area contributed by atoms with E-state index in [1.807, 2.05) is 6.20 Å². The molecule has 3 heterocycles. The van der Waals surface area contributed by atoms with Gasteiger partial charge in [0.1, 0.15) is 0 Å². The van der Waals surface area contributed by atoms with E-state index >= 15 is 0 Å². The molecule has 2 heteroatoms. The van der Waals surface area contributed by atoms with Crippen molar-refractivity contribution < 1.29 is 0 Å². The zero-order valence-electron chi connectivity index (χ0n) is 19.7. The molecular weight excluding hydrogens is 400 g/mol. The van der Waals surface area contributed by atoms with Gasteiger partial charge in [0.05, 0.1) is 22.1 Å². The van der Waals surface area contributed by atoms with Gasteiger partial charge in [-0.15, -0.1) is 0 Å². The second-order valence-electron chi connectivity index (χ2n) is 10.6. The highest BCUT2D eigenvalue weighted by Crippen LogP contribution is 2.44. The Morgan fingerprint density at radius 2 is 1.48 bits per heavy atom. The summed E-state index contributed by atoms with van der Waals surface area (Å²) < 4.78 is 2.56. The largest absolute Gasteiger partial charge is 0.307 e. The van der Waals surface area contributed by atoms with Crippen LogP contribution >= 0.6 is 0 Å². The summed E-state index contributed by atoms with van der Waals surface area (Å²) in [7, 11) is 0. The zero-order valence-corrected chi connectivity index (χ0v) is 19.7. The van der Waals surface area contributed by atoms with Gasteiger partial charge in [0.15, 0.2) is 0 Å². The molecule has 0 aliphatic rings. The summed E-state index contributed by atoms with van der Waals surface area (Å²) in [4.78, 5) is 4.95. The van der Waals surface area contributed by atoms with Gasteiger partial charge in [-0.1, -0.05) is 74.9 Å². The number of aromatic nitrogens is 2. The van der Waals surface area contributed by atoms with E-state index in [0.29, 0.717) is 0 Å². The Morgan fingerprint density at radius 3 is 2.30 bits per heavy atom. The van der Waals surface area contributed by atoms with Crippen molar-refractivity contribution in [2.45, 2.75) is 40.0 Å². The molecule has 0 N–H and O–H groups in total. The molecule has 0 spiro atoms. The van der Waals surface area contributed by atoms with E-state index in [-0.39, 0.29) is 5.41 Å². The molecule has 0 atom stereocenters. The Balaban J connectivity index is 1.93. The molecule has 3 aromatic heterocycles. The van der Waals surface area contributed by atoms with Crippen molar-refractivity contribution in [2.24, 2.45) is 0 Å². The number of aryl methyl sites for hydroxylation is 2. The van der Waals surface area contributed by atoms with Crippen molar-refractivity contribution in [2.75, 3.05) is 0 Å². The van der Waals surface area contributed by atoms with E-state index in [2.05, 4.69) is 99.7 Å². The monoisotopic (exact) mass is 426 g/mol. The van der Waals surface area contributed by atoms with Crippen LogP contribution < -0.4 is 0 Å². The summed E-state index contributed by atoms with van der Waals surface area (Å²) in [6.45, 7) is 11.4.